The van der Waals surface area contributed by atoms with Crippen molar-refractivity contribution in [2.24, 2.45) is 0 Å². The average molecular weight is 351 g/mol. The highest BCUT2D eigenvalue weighted by atomic mass is 15.5. The van der Waals surface area contributed by atoms with Crippen molar-refractivity contribution in [2.75, 3.05) is 0 Å². The quantitative estimate of drug-likeness (QED) is 0.316. The molecule has 1 atom stereocenters. The second kappa shape index (κ2) is 14.3. The van der Waals surface area contributed by atoms with Crippen LogP contribution < -0.4 is 0 Å². The highest BCUT2D eigenvalue weighted by Crippen LogP contribution is 2.30. The summed E-state index contributed by atoms with van der Waals surface area (Å²) in [4.78, 5) is 0. The molecule has 146 valence electrons. The molecule has 0 aromatic carbocycles. The lowest BCUT2D eigenvalue weighted by Gasteiger charge is -2.24. The Bertz CT molecular complexity index is 391. The van der Waals surface area contributed by atoms with Crippen LogP contribution in [0.25, 0.3) is 0 Å². The Morgan fingerprint density at radius 2 is 1.20 bits per heavy atom. The maximum Gasteiger partial charge on any atom is 0.180 e. The number of hydrogen-bond donors (Lipinski definition) is 1. The van der Waals surface area contributed by atoms with Crippen LogP contribution in [-0.2, 0) is 5.41 Å². The Labute approximate surface area is 156 Å². The van der Waals surface area contributed by atoms with E-state index < -0.39 is 0 Å². The Balaban J connectivity index is 1.89. The summed E-state index contributed by atoms with van der Waals surface area (Å²) in [6, 6.07) is 0. The molecule has 0 aliphatic rings. The van der Waals surface area contributed by atoms with Gasteiger partial charge in [-0.05, 0) is 12.8 Å². The third-order valence-corrected chi connectivity index (χ3v) is 5.75. The first-order valence-electron chi connectivity index (χ1n) is 11.0. The topological polar surface area (TPSA) is 54.5 Å². The van der Waals surface area contributed by atoms with E-state index in [1.807, 2.05) is 0 Å². The van der Waals surface area contributed by atoms with Crippen LogP contribution in [0, 0.1) is 0 Å². The minimum Gasteiger partial charge on any atom is -0.177 e. The van der Waals surface area contributed by atoms with Crippen molar-refractivity contribution < 1.29 is 0 Å². The molecular formula is C21H42N4. The average Bonchev–Trinajstić information content (AvgIpc) is 3.17. The highest BCUT2D eigenvalue weighted by molar-refractivity contribution is 5.01. The third kappa shape index (κ3) is 9.96. The Morgan fingerprint density at radius 1 is 0.720 bits per heavy atom. The van der Waals surface area contributed by atoms with Gasteiger partial charge in [0.25, 0.3) is 0 Å². The molecule has 1 aromatic rings. The molecule has 1 unspecified atom stereocenters. The molecule has 0 bridgehead atoms. The number of H-pyrrole nitrogens is 1. The summed E-state index contributed by atoms with van der Waals surface area (Å²) in [6.07, 6.45) is 22.0. The number of tetrazole rings is 1. The monoisotopic (exact) mass is 350 g/mol. The Morgan fingerprint density at radius 3 is 1.60 bits per heavy atom. The predicted octanol–water partition coefficient (Wildman–Crippen LogP) is 6.74. The van der Waals surface area contributed by atoms with Gasteiger partial charge in [0.1, 0.15) is 0 Å². The van der Waals surface area contributed by atoms with Gasteiger partial charge in [0.2, 0.25) is 0 Å². The Kier molecular flexibility index (Phi) is 12.6. The van der Waals surface area contributed by atoms with Gasteiger partial charge >= 0.3 is 0 Å². The third-order valence-electron chi connectivity index (χ3n) is 5.75. The number of nitrogens with zero attached hydrogens (tertiary/aromatic N) is 3. The standard InChI is InChI=1S/C21H42N4/c1-4-6-7-8-9-10-11-12-13-14-15-16-17-18-19-21(3,5-2)20-22-24-25-23-20/h4-19H2,1-3H3,(H,22,23,24,25). The number of unbranched alkanes of at least 4 members (excludes halogenated alkanes) is 13. The van der Waals surface area contributed by atoms with Gasteiger partial charge in [-0.25, -0.2) is 0 Å². The second-order valence-corrected chi connectivity index (χ2v) is 8.00. The van der Waals surface area contributed by atoms with Crippen molar-refractivity contribution in [3.63, 3.8) is 0 Å². The summed E-state index contributed by atoms with van der Waals surface area (Å²) < 4.78 is 0. The van der Waals surface area contributed by atoms with Gasteiger partial charge in [0, 0.05) is 5.41 Å². The number of hydrogen-bond acceptors (Lipinski definition) is 3. The lowest BCUT2D eigenvalue weighted by molar-refractivity contribution is 0.373. The minimum absolute atomic E-state index is 0.0874. The molecular weight excluding hydrogens is 308 g/mol. The first-order chi connectivity index (χ1) is 12.2. The van der Waals surface area contributed by atoms with Gasteiger partial charge < -0.3 is 0 Å². The molecule has 0 saturated heterocycles. The summed E-state index contributed by atoms with van der Waals surface area (Å²) in [5.74, 6) is 0.879. The molecule has 0 radical (unpaired) electrons. The van der Waals surface area contributed by atoms with Gasteiger partial charge in [0.05, 0.1) is 0 Å². The van der Waals surface area contributed by atoms with Crippen molar-refractivity contribution in [1.82, 2.24) is 20.6 Å². The molecule has 1 rings (SSSR count). The van der Waals surface area contributed by atoms with Gasteiger partial charge in [0.15, 0.2) is 5.82 Å². The normalized spacial score (nSPS) is 13.9. The molecule has 1 heterocycles. The van der Waals surface area contributed by atoms with Crippen molar-refractivity contribution in [1.29, 1.82) is 0 Å². The molecule has 4 nitrogen and oxygen atoms in total. The largest absolute Gasteiger partial charge is 0.180 e. The molecule has 0 aliphatic heterocycles. The fraction of sp³-hybridized carbons (Fsp3) is 0.952. The van der Waals surface area contributed by atoms with Gasteiger partial charge in [-0.2, -0.15) is 5.21 Å². The lowest BCUT2D eigenvalue weighted by atomic mass is 9.81. The van der Waals surface area contributed by atoms with Gasteiger partial charge in [-0.1, -0.05) is 116 Å². The van der Waals surface area contributed by atoms with Crippen molar-refractivity contribution in [3.05, 3.63) is 5.82 Å². The van der Waals surface area contributed by atoms with E-state index in [-0.39, 0.29) is 5.41 Å². The van der Waals surface area contributed by atoms with Crippen molar-refractivity contribution in [3.8, 4) is 0 Å². The first kappa shape index (κ1) is 22.1. The summed E-state index contributed by atoms with van der Waals surface area (Å²) in [5, 5.41) is 14.7. The van der Waals surface area contributed by atoms with Crippen LogP contribution in [0.15, 0.2) is 0 Å². The van der Waals surface area contributed by atoms with E-state index >= 15 is 0 Å². The van der Waals surface area contributed by atoms with E-state index in [4.69, 9.17) is 0 Å². The SMILES string of the molecule is CCCCCCCCCCCCCCCCC(C)(CC)c1nn[nH]n1. The Hall–Kier alpha value is -0.930. The van der Waals surface area contributed by atoms with E-state index in [9.17, 15) is 0 Å². The number of nitrogens with one attached hydrogen (secondary N) is 1. The van der Waals surface area contributed by atoms with E-state index in [2.05, 4.69) is 41.4 Å². The van der Waals surface area contributed by atoms with Crippen molar-refractivity contribution in [2.45, 2.75) is 129 Å². The lowest BCUT2D eigenvalue weighted by Crippen LogP contribution is -2.22. The van der Waals surface area contributed by atoms with Crippen molar-refractivity contribution >= 4 is 0 Å². The zero-order chi connectivity index (χ0) is 18.2. The van der Waals surface area contributed by atoms with E-state index in [1.165, 1.54) is 96.3 Å². The molecule has 0 aliphatic carbocycles. The molecule has 0 fully saturated rings. The summed E-state index contributed by atoms with van der Waals surface area (Å²) >= 11 is 0. The van der Waals surface area contributed by atoms with Gasteiger partial charge in [-0.3, -0.25) is 0 Å². The molecule has 1 N–H and O–H groups in total. The number of rotatable bonds is 17. The zero-order valence-electron chi connectivity index (χ0n) is 17.2. The molecule has 0 amide bonds. The van der Waals surface area contributed by atoms with Gasteiger partial charge in [-0.15, -0.1) is 10.2 Å². The van der Waals surface area contributed by atoms with Crippen LogP contribution in [0.2, 0.25) is 0 Å². The van der Waals surface area contributed by atoms with Crippen LogP contribution in [0.1, 0.15) is 129 Å². The zero-order valence-corrected chi connectivity index (χ0v) is 17.2. The van der Waals surface area contributed by atoms with Crippen LogP contribution in [-0.4, -0.2) is 20.6 Å². The molecule has 1 aromatic heterocycles. The summed E-state index contributed by atoms with van der Waals surface area (Å²) in [7, 11) is 0. The van der Waals surface area contributed by atoms with E-state index in [0.717, 1.165) is 12.2 Å². The first-order valence-corrected chi connectivity index (χ1v) is 11.0. The van der Waals surface area contributed by atoms with Crippen LogP contribution >= 0.6 is 0 Å². The van der Waals surface area contributed by atoms with Crippen LogP contribution in [0.5, 0.6) is 0 Å². The van der Waals surface area contributed by atoms with Crippen LogP contribution in [0.4, 0.5) is 0 Å². The summed E-state index contributed by atoms with van der Waals surface area (Å²) in [5.41, 5.74) is 0.0874. The smallest absolute Gasteiger partial charge is 0.177 e. The number of aromatic amines is 1. The molecule has 25 heavy (non-hydrogen) atoms. The van der Waals surface area contributed by atoms with Crippen LogP contribution in [0.3, 0.4) is 0 Å². The van der Waals surface area contributed by atoms with E-state index in [0.29, 0.717) is 0 Å². The second-order valence-electron chi connectivity index (χ2n) is 8.00. The highest BCUT2D eigenvalue weighted by Gasteiger charge is 2.28. The number of aromatic nitrogens is 4. The van der Waals surface area contributed by atoms with E-state index in [1.54, 1.807) is 0 Å². The molecule has 0 saturated carbocycles. The molecule has 0 spiro atoms. The predicted molar refractivity (Wildman–Crippen MR) is 107 cm³/mol. The summed E-state index contributed by atoms with van der Waals surface area (Å²) in [6.45, 7) is 6.77. The fourth-order valence-corrected chi connectivity index (χ4v) is 3.57. The maximum atomic E-state index is 4.20. The minimum atomic E-state index is 0.0874. The molecule has 4 heteroatoms. The maximum absolute atomic E-state index is 4.20. The fourth-order valence-electron chi connectivity index (χ4n) is 3.57.